The second kappa shape index (κ2) is 3.05. The van der Waals surface area contributed by atoms with Crippen molar-refractivity contribution in [3.05, 3.63) is 0 Å². The van der Waals surface area contributed by atoms with Gasteiger partial charge in [-0.3, -0.25) is 4.79 Å². The number of carbonyl (C=O) groups is 1. The van der Waals surface area contributed by atoms with Crippen LogP contribution in [0, 0.1) is 17.3 Å². The normalized spacial score (nSPS) is 31.3. The molecule has 1 unspecified atom stereocenters. The maximum Gasteiger partial charge on any atom is 0.305 e. The molecule has 70 valence electrons. The Morgan fingerprint density at radius 2 is 2.08 bits per heavy atom. The fourth-order valence-corrected chi connectivity index (χ4v) is 1.89. The van der Waals surface area contributed by atoms with E-state index in [0.717, 1.165) is 0 Å². The summed E-state index contributed by atoms with van der Waals surface area (Å²) in [7, 11) is 1.39. The summed E-state index contributed by atoms with van der Waals surface area (Å²) in [6.45, 7) is 4.32. The van der Waals surface area contributed by atoms with Gasteiger partial charge in [0.2, 0.25) is 0 Å². The van der Waals surface area contributed by atoms with E-state index in [-0.39, 0.29) is 23.9 Å². The summed E-state index contributed by atoms with van der Waals surface area (Å²) in [6.07, 6.45) is 0.439. The molecule has 1 fully saturated rings. The van der Waals surface area contributed by atoms with Gasteiger partial charge in [0.15, 0.2) is 0 Å². The first kappa shape index (κ1) is 9.52. The Kier molecular flexibility index (Phi) is 2.42. The van der Waals surface area contributed by atoms with Gasteiger partial charge in [0, 0.05) is 13.0 Å². The van der Waals surface area contributed by atoms with Crippen LogP contribution in [0.1, 0.15) is 20.3 Å². The Balaban J connectivity index is 2.42. The maximum absolute atomic E-state index is 10.9. The molecule has 0 aromatic carbocycles. The van der Waals surface area contributed by atoms with Crippen molar-refractivity contribution in [2.45, 2.75) is 20.3 Å². The van der Waals surface area contributed by atoms with Crippen LogP contribution in [0.5, 0.6) is 0 Å². The van der Waals surface area contributed by atoms with Crippen LogP contribution >= 0.6 is 0 Å². The third kappa shape index (κ3) is 1.46. The molecular weight excluding hydrogens is 156 g/mol. The number of rotatable bonds is 3. The van der Waals surface area contributed by atoms with E-state index in [0.29, 0.717) is 12.3 Å². The molecule has 12 heavy (non-hydrogen) atoms. The monoisotopic (exact) mass is 172 g/mol. The first-order chi connectivity index (χ1) is 5.54. The minimum absolute atomic E-state index is 0.114. The molecule has 0 saturated heterocycles. The number of aliphatic hydroxyl groups is 1. The average molecular weight is 172 g/mol. The molecule has 0 aromatic heterocycles. The second-order valence-corrected chi connectivity index (χ2v) is 4.00. The molecule has 3 nitrogen and oxygen atoms in total. The van der Waals surface area contributed by atoms with E-state index < -0.39 is 0 Å². The molecule has 0 spiro atoms. The van der Waals surface area contributed by atoms with Gasteiger partial charge in [-0.1, -0.05) is 13.8 Å². The quantitative estimate of drug-likeness (QED) is 0.641. The molecule has 1 N–H and O–H groups in total. The number of esters is 1. The van der Waals surface area contributed by atoms with Gasteiger partial charge in [-0.2, -0.15) is 0 Å². The van der Waals surface area contributed by atoms with E-state index >= 15 is 0 Å². The molecule has 0 heterocycles. The summed E-state index contributed by atoms with van der Waals surface area (Å²) in [5.74, 6) is 0.399. The summed E-state index contributed by atoms with van der Waals surface area (Å²) in [5.41, 5.74) is 0.114. The van der Waals surface area contributed by atoms with Crippen molar-refractivity contribution >= 4 is 5.97 Å². The van der Waals surface area contributed by atoms with E-state index in [1.807, 2.05) is 0 Å². The fraction of sp³-hybridized carbons (Fsp3) is 0.889. The highest BCUT2D eigenvalue weighted by Gasteiger charge is 2.57. The van der Waals surface area contributed by atoms with Crippen LogP contribution in [-0.2, 0) is 9.53 Å². The van der Waals surface area contributed by atoms with Crippen molar-refractivity contribution in [1.82, 2.24) is 0 Å². The Labute approximate surface area is 72.7 Å². The van der Waals surface area contributed by atoms with Crippen LogP contribution in [0.2, 0.25) is 0 Å². The Morgan fingerprint density at radius 3 is 2.42 bits per heavy atom. The molecule has 0 bridgehead atoms. The van der Waals surface area contributed by atoms with Crippen LogP contribution in [0.25, 0.3) is 0 Å². The van der Waals surface area contributed by atoms with Crippen LogP contribution in [0.15, 0.2) is 0 Å². The molecule has 0 aromatic rings. The zero-order valence-electron chi connectivity index (χ0n) is 7.83. The number of aliphatic hydroxyl groups excluding tert-OH is 1. The van der Waals surface area contributed by atoms with Crippen LogP contribution < -0.4 is 0 Å². The molecule has 1 rings (SSSR count). The number of carbonyl (C=O) groups excluding carboxylic acids is 1. The van der Waals surface area contributed by atoms with Gasteiger partial charge in [0.25, 0.3) is 0 Å². The molecule has 1 saturated carbocycles. The van der Waals surface area contributed by atoms with Gasteiger partial charge < -0.3 is 9.84 Å². The van der Waals surface area contributed by atoms with E-state index in [9.17, 15) is 4.79 Å². The van der Waals surface area contributed by atoms with E-state index in [1.165, 1.54) is 7.11 Å². The maximum atomic E-state index is 10.9. The molecule has 0 aliphatic heterocycles. The predicted octanol–water partition coefficient (Wildman–Crippen LogP) is 0.814. The largest absolute Gasteiger partial charge is 0.469 e. The average Bonchev–Trinajstić information content (AvgIpc) is 2.53. The lowest BCUT2D eigenvalue weighted by molar-refractivity contribution is -0.141. The number of ether oxygens (including phenoxy) is 1. The summed E-state index contributed by atoms with van der Waals surface area (Å²) in [4.78, 5) is 10.9. The van der Waals surface area contributed by atoms with Crippen LogP contribution in [-0.4, -0.2) is 24.8 Å². The van der Waals surface area contributed by atoms with E-state index in [4.69, 9.17) is 5.11 Å². The standard InChI is InChI=1S/C9H16O3/c1-9(2)6(7(9)5-10)4-8(11)12-3/h6-7,10H,4-5H2,1-3H3/t6-,7?/m1/s1. The summed E-state index contributed by atoms with van der Waals surface area (Å²) in [6, 6.07) is 0. The van der Waals surface area contributed by atoms with Crippen molar-refractivity contribution in [2.24, 2.45) is 17.3 Å². The van der Waals surface area contributed by atoms with Gasteiger partial charge in [-0.05, 0) is 17.3 Å². The lowest BCUT2D eigenvalue weighted by Gasteiger charge is -2.00. The van der Waals surface area contributed by atoms with E-state index in [1.54, 1.807) is 0 Å². The smallest absolute Gasteiger partial charge is 0.305 e. The summed E-state index contributed by atoms with van der Waals surface area (Å²) < 4.78 is 4.57. The Hall–Kier alpha value is -0.570. The molecule has 0 amide bonds. The van der Waals surface area contributed by atoms with Gasteiger partial charge in [-0.25, -0.2) is 0 Å². The lowest BCUT2D eigenvalue weighted by Crippen LogP contribution is -2.03. The van der Waals surface area contributed by atoms with Gasteiger partial charge in [0.05, 0.1) is 7.11 Å². The third-order valence-corrected chi connectivity index (χ3v) is 3.10. The highest BCUT2D eigenvalue weighted by molar-refractivity contribution is 5.70. The second-order valence-electron chi connectivity index (χ2n) is 4.00. The van der Waals surface area contributed by atoms with Crippen LogP contribution in [0.3, 0.4) is 0 Å². The zero-order valence-corrected chi connectivity index (χ0v) is 7.83. The van der Waals surface area contributed by atoms with E-state index in [2.05, 4.69) is 18.6 Å². The highest BCUT2D eigenvalue weighted by Crippen LogP contribution is 2.59. The minimum Gasteiger partial charge on any atom is -0.469 e. The van der Waals surface area contributed by atoms with Gasteiger partial charge in [0.1, 0.15) is 0 Å². The van der Waals surface area contributed by atoms with Crippen molar-refractivity contribution in [1.29, 1.82) is 0 Å². The topological polar surface area (TPSA) is 46.5 Å². The first-order valence-corrected chi connectivity index (χ1v) is 4.21. The highest BCUT2D eigenvalue weighted by atomic mass is 16.5. The minimum atomic E-state index is -0.177. The fourth-order valence-electron chi connectivity index (χ4n) is 1.89. The SMILES string of the molecule is COC(=O)C[C@@H]1C(CO)C1(C)C. The van der Waals surface area contributed by atoms with Gasteiger partial charge in [-0.15, -0.1) is 0 Å². The molecule has 1 aliphatic carbocycles. The molecular formula is C9H16O3. The summed E-state index contributed by atoms with van der Waals surface area (Å²) in [5, 5.41) is 8.95. The van der Waals surface area contributed by atoms with Crippen molar-refractivity contribution in [2.75, 3.05) is 13.7 Å². The number of hydrogen-bond donors (Lipinski definition) is 1. The first-order valence-electron chi connectivity index (χ1n) is 4.21. The Bertz CT molecular complexity index is 186. The predicted molar refractivity (Wildman–Crippen MR) is 44.5 cm³/mol. The van der Waals surface area contributed by atoms with Gasteiger partial charge >= 0.3 is 5.97 Å². The molecule has 3 heteroatoms. The van der Waals surface area contributed by atoms with Crippen molar-refractivity contribution in [3.63, 3.8) is 0 Å². The summed E-state index contributed by atoms with van der Waals surface area (Å²) >= 11 is 0. The number of hydrogen-bond acceptors (Lipinski definition) is 3. The van der Waals surface area contributed by atoms with Crippen molar-refractivity contribution < 1.29 is 14.6 Å². The molecule has 1 aliphatic rings. The molecule has 2 atom stereocenters. The third-order valence-electron chi connectivity index (χ3n) is 3.10. The Morgan fingerprint density at radius 1 is 1.50 bits per heavy atom. The lowest BCUT2D eigenvalue weighted by atomic mass is 10.1. The van der Waals surface area contributed by atoms with Crippen LogP contribution in [0.4, 0.5) is 0 Å². The molecule has 0 radical (unpaired) electrons. The van der Waals surface area contributed by atoms with Crippen molar-refractivity contribution in [3.8, 4) is 0 Å². The number of methoxy groups -OCH3 is 1. The zero-order chi connectivity index (χ0) is 9.35.